The highest BCUT2D eigenvalue weighted by Gasteiger charge is 2.20. The number of hydrogen-bond acceptors (Lipinski definition) is 5. The molecule has 0 aliphatic rings. The van der Waals surface area contributed by atoms with Crippen molar-refractivity contribution in [3.63, 3.8) is 0 Å². The maximum absolute atomic E-state index is 6.04. The summed E-state index contributed by atoms with van der Waals surface area (Å²) in [5.74, 6) is 2.48. The van der Waals surface area contributed by atoms with E-state index in [0.717, 1.165) is 17.2 Å². The predicted octanol–water partition coefficient (Wildman–Crippen LogP) is 1.91. The lowest BCUT2D eigenvalue weighted by molar-refractivity contribution is -0.591. The van der Waals surface area contributed by atoms with Gasteiger partial charge >= 0.3 is 11.7 Å². The van der Waals surface area contributed by atoms with Crippen LogP contribution in [-0.2, 0) is 0 Å². The van der Waals surface area contributed by atoms with Crippen molar-refractivity contribution >= 4 is 18.1 Å². The Labute approximate surface area is 145 Å². The van der Waals surface area contributed by atoms with E-state index >= 15 is 0 Å². The van der Waals surface area contributed by atoms with Gasteiger partial charge in [0.05, 0.1) is 13.4 Å². The number of rotatable bonds is 6. The minimum Gasteiger partial charge on any atom is -0.497 e. The van der Waals surface area contributed by atoms with E-state index < -0.39 is 0 Å². The Morgan fingerprint density at radius 2 is 2.08 bits per heavy atom. The van der Waals surface area contributed by atoms with Crippen LogP contribution < -0.4 is 14.0 Å². The first-order valence-corrected chi connectivity index (χ1v) is 7.85. The van der Waals surface area contributed by atoms with Crippen LogP contribution in [0, 0.1) is 0 Å². The van der Waals surface area contributed by atoms with E-state index in [9.17, 15) is 0 Å². The van der Waals surface area contributed by atoms with E-state index in [1.54, 1.807) is 24.2 Å². The van der Waals surface area contributed by atoms with Crippen molar-refractivity contribution in [3.8, 4) is 11.5 Å². The Hall–Kier alpha value is -3.16. The average Bonchev–Trinajstić information content (AvgIpc) is 3.03. The summed E-state index contributed by atoms with van der Waals surface area (Å²) in [6.07, 6.45) is 3.15. The molecular formula is C17H21N6O2+. The third kappa shape index (κ3) is 3.85. The first-order valence-electron chi connectivity index (χ1n) is 7.85. The zero-order chi connectivity index (χ0) is 17.8. The number of aromatic amines is 1. The van der Waals surface area contributed by atoms with Crippen LogP contribution in [0.1, 0.15) is 18.7 Å². The SMILES string of the molecule is COc1cccc(O[C@@H](C)c2ccnc3nc(N=CN(C)C)[nH][n+]23)c1. The number of nitrogens with one attached hydrogen (secondary N) is 1. The summed E-state index contributed by atoms with van der Waals surface area (Å²) in [5, 5.41) is 3.12. The van der Waals surface area contributed by atoms with E-state index in [4.69, 9.17) is 9.47 Å². The molecule has 0 amide bonds. The third-order valence-corrected chi connectivity index (χ3v) is 3.49. The topological polar surface area (TPSA) is 79.7 Å². The fourth-order valence-corrected chi connectivity index (χ4v) is 2.33. The zero-order valence-corrected chi connectivity index (χ0v) is 14.7. The Kier molecular flexibility index (Phi) is 4.78. The summed E-state index contributed by atoms with van der Waals surface area (Å²) in [7, 11) is 5.42. The second kappa shape index (κ2) is 7.16. The zero-order valence-electron chi connectivity index (χ0n) is 14.7. The third-order valence-electron chi connectivity index (χ3n) is 3.49. The van der Waals surface area contributed by atoms with Crippen molar-refractivity contribution in [2.75, 3.05) is 21.2 Å². The number of benzene rings is 1. The molecule has 0 spiro atoms. The van der Waals surface area contributed by atoms with E-state index in [0.29, 0.717) is 11.7 Å². The fraction of sp³-hybridized carbons (Fsp3) is 0.294. The smallest absolute Gasteiger partial charge is 0.459 e. The van der Waals surface area contributed by atoms with Gasteiger partial charge in [-0.1, -0.05) is 11.1 Å². The Morgan fingerprint density at radius 3 is 2.84 bits per heavy atom. The number of nitrogens with zero attached hydrogens (tertiary/aromatic N) is 5. The van der Waals surface area contributed by atoms with E-state index in [1.807, 2.05) is 56.3 Å². The number of aromatic nitrogens is 4. The number of aliphatic imine (C=N–C) groups is 1. The van der Waals surface area contributed by atoms with Crippen LogP contribution in [-0.4, -0.2) is 47.5 Å². The van der Waals surface area contributed by atoms with Gasteiger partial charge in [-0.05, 0) is 24.0 Å². The fourth-order valence-electron chi connectivity index (χ4n) is 2.33. The summed E-state index contributed by atoms with van der Waals surface area (Å²) in [6, 6.07) is 9.39. The van der Waals surface area contributed by atoms with Crippen LogP contribution in [0.5, 0.6) is 11.5 Å². The van der Waals surface area contributed by atoms with Gasteiger partial charge in [-0.15, -0.1) is 4.52 Å². The summed E-state index contributed by atoms with van der Waals surface area (Å²) in [4.78, 5) is 14.7. The van der Waals surface area contributed by atoms with Crippen molar-refractivity contribution in [1.82, 2.24) is 20.0 Å². The molecule has 1 aromatic carbocycles. The quantitative estimate of drug-likeness (QED) is 0.421. The molecule has 0 unspecified atom stereocenters. The second-order valence-electron chi connectivity index (χ2n) is 5.70. The van der Waals surface area contributed by atoms with Gasteiger partial charge in [-0.2, -0.15) is 10.1 Å². The standard InChI is InChI=1S/C17H20N6O2/c1-12(25-14-7-5-6-13(10-14)24-4)15-8-9-18-17-20-16(21-23(15)17)19-11-22(2)3/h5-12H,1-4H3/p+1/t12-/m0/s1. The Balaban J connectivity index is 1.89. The van der Waals surface area contributed by atoms with Crippen molar-refractivity contribution in [1.29, 1.82) is 0 Å². The van der Waals surface area contributed by atoms with E-state index in [1.165, 1.54) is 0 Å². The molecule has 25 heavy (non-hydrogen) atoms. The van der Waals surface area contributed by atoms with Gasteiger partial charge in [0, 0.05) is 26.2 Å². The molecule has 8 nitrogen and oxygen atoms in total. The number of fused-ring (bicyclic) bond motifs is 1. The Morgan fingerprint density at radius 1 is 1.28 bits per heavy atom. The number of methoxy groups -OCH3 is 1. The summed E-state index contributed by atoms with van der Waals surface area (Å²) >= 11 is 0. The van der Waals surface area contributed by atoms with Crippen LogP contribution in [0.4, 0.5) is 5.95 Å². The van der Waals surface area contributed by atoms with E-state index in [-0.39, 0.29) is 6.10 Å². The molecule has 3 aromatic rings. The molecule has 0 aliphatic heterocycles. The molecule has 0 saturated heterocycles. The largest absolute Gasteiger partial charge is 0.497 e. The van der Waals surface area contributed by atoms with Crippen LogP contribution in [0.2, 0.25) is 0 Å². The first kappa shape index (κ1) is 16.7. The molecule has 1 atom stereocenters. The number of H-pyrrole nitrogens is 1. The van der Waals surface area contributed by atoms with Crippen molar-refractivity contribution < 1.29 is 14.0 Å². The molecule has 8 heteroatoms. The highest BCUT2D eigenvalue weighted by Crippen LogP contribution is 2.24. The van der Waals surface area contributed by atoms with Gasteiger partial charge in [0.15, 0.2) is 6.10 Å². The van der Waals surface area contributed by atoms with E-state index in [2.05, 4.69) is 20.1 Å². The lowest BCUT2D eigenvalue weighted by atomic mass is 10.2. The van der Waals surface area contributed by atoms with Crippen molar-refractivity contribution in [3.05, 3.63) is 42.2 Å². The Bertz CT molecular complexity index is 890. The van der Waals surface area contributed by atoms with Crippen LogP contribution in [0.25, 0.3) is 5.78 Å². The molecule has 2 heterocycles. The number of hydrogen-bond donors (Lipinski definition) is 1. The van der Waals surface area contributed by atoms with Crippen molar-refractivity contribution in [2.45, 2.75) is 13.0 Å². The molecule has 0 radical (unpaired) electrons. The highest BCUT2D eigenvalue weighted by atomic mass is 16.5. The van der Waals surface area contributed by atoms with Gasteiger partial charge in [-0.25, -0.2) is 0 Å². The molecule has 130 valence electrons. The lowest BCUT2D eigenvalue weighted by Gasteiger charge is -2.14. The minimum absolute atomic E-state index is 0.228. The summed E-state index contributed by atoms with van der Waals surface area (Å²) < 4.78 is 13.0. The maximum atomic E-state index is 6.04. The molecule has 1 N–H and O–H groups in total. The highest BCUT2D eigenvalue weighted by molar-refractivity contribution is 5.57. The molecule has 3 rings (SSSR count). The predicted molar refractivity (Wildman–Crippen MR) is 93.4 cm³/mol. The monoisotopic (exact) mass is 341 g/mol. The summed E-state index contributed by atoms with van der Waals surface area (Å²) in [6.45, 7) is 1.96. The van der Waals surface area contributed by atoms with Crippen LogP contribution >= 0.6 is 0 Å². The first-order chi connectivity index (χ1) is 12.1. The molecule has 0 saturated carbocycles. The van der Waals surface area contributed by atoms with Crippen LogP contribution in [0.15, 0.2) is 41.5 Å². The average molecular weight is 341 g/mol. The van der Waals surface area contributed by atoms with Crippen LogP contribution in [0.3, 0.4) is 0 Å². The molecule has 0 fully saturated rings. The maximum Gasteiger partial charge on any atom is 0.459 e. The lowest BCUT2D eigenvalue weighted by Crippen LogP contribution is -2.32. The molecular weight excluding hydrogens is 320 g/mol. The molecule has 0 bridgehead atoms. The van der Waals surface area contributed by atoms with Gasteiger partial charge in [0.2, 0.25) is 0 Å². The van der Waals surface area contributed by atoms with Gasteiger partial charge in [0.1, 0.15) is 23.4 Å². The normalized spacial score (nSPS) is 12.5. The van der Waals surface area contributed by atoms with Gasteiger partial charge < -0.3 is 14.4 Å². The summed E-state index contributed by atoms with van der Waals surface area (Å²) in [5.41, 5.74) is 0.881. The minimum atomic E-state index is -0.228. The second-order valence-corrected chi connectivity index (χ2v) is 5.70. The van der Waals surface area contributed by atoms with Gasteiger partial charge in [0.25, 0.3) is 0 Å². The molecule has 2 aromatic heterocycles. The number of ether oxygens (including phenoxy) is 2. The molecule has 0 aliphatic carbocycles. The van der Waals surface area contributed by atoms with Crippen molar-refractivity contribution in [2.24, 2.45) is 4.99 Å². The van der Waals surface area contributed by atoms with Gasteiger partial charge in [-0.3, -0.25) is 0 Å².